The first-order valence-electron chi connectivity index (χ1n) is 5.19. The highest BCUT2D eigenvalue weighted by molar-refractivity contribution is 4.73. The molecule has 1 heteroatoms. The summed E-state index contributed by atoms with van der Waals surface area (Å²) < 4.78 is 0. The van der Waals surface area contributed by atoms with Gasteiger partial charge >= 0.3 is 0 Å². The molecule has 0 rings (SSSR count). The third-order valence-electron chi connectivity index (χ3n) is 2.56. The Bertz CT molecular complexity index is 108. The summed E-state index contributed by atoms with van der Waals surface area (Å²) in [5.41, 5.74) is 0.512. The lowest BCUT2D eigenvalue weighted by atomic mass is 9.81. The van der Waals surface area contributed by atoms with Crippen molar-refractivity contribution in [3.8, 4) is 0 Å². The van der Waals surface area contributed by atoms with E-state index in [-0.39, 0.29) is 0 Å². The van der Waals surface area contributed by atoms with Gasteiger partial charge in [-0.2, -0.15) is 0 Å². The van der Waals surface area contributed by atoms with Crippen LogP contribution in [0.15, 0.2) is 0 Å². The number of hydrogen-bond donors (Lipinski definition) is 1. The molecule has 0 aliphatic heterocycles. The Morgan fingerprint density at radius 1 is 1.33 bits per heavy atom. The molecule has 1 unspecified atom stereocenters. The Kier molecular flexibility index (Phi) is 5.56. The molecule has 74 valence electrons. The van der Waals surface area contributed by atoms with Crippen LogP contribution in [-0.2, 0) is 0 Å². The fraction of sp³-hybridized carbons (Fsp3) is 1.00. The molecule has 0 bridgehead atoms. The van der Waals surface area contributed by atoms with Crippen LogP contribution >= 0.6 is 0 Å². The summed E-state index contributed by atoms with van der Waals surface area (Å²) in [4.78, 5) is 0. The quantitative estimate of drug-likeness (QED) is 0.647. The maximum absolute atomic E-state index is 3.30. The minimum atomic E-state index is 0.512. The van der Waals surface area contributed by atoms with E-state index in [0.717, 1.165) is 0 Å². The molecule has 0 aliphatic rings. The zero-order valence-electron chi connectivity index (χ0n) is 9.41. The van der Waals surface area contributed by atoms with Crippen molar-refractivity contribution in [3.05, 3.63) is 0 Å². The van der Waals surface area contributed by atoms with Gasteiger partial charge < -0.3 is 5.32 Å². The normalized spacial score (nSPS) is 14.8. The molecule has 0 spiro atoms. The Morgan fingerprint density at radius 2 is 1.92 bits per heavy atom. The van der Waals surface area contributed by atoms with Gasteiger partial charge in [0.2, 0.25) is 0 Å². The molecule has 12 heavy (non-hydrogen) atoms. The van der Waals surface area contributed by atoms with Crippen molar-refractivity contribution >= 4 is 0 Å². The monoisotopic (exact) mass is 171 g/mol. The first kappa shape index (κ1) is 12.0. The lowest BCUT2D eigenvalue weighted by molar-refractivity contribution is 0.266. The van der Waals surface area contributed by atoms with Gasteiger partial charge in [0, 0.05) is 6.04 Å². The molecule has 1 nitrogen and oxygen atoms in total. The van der Waals surface area contributed by atoms with Crippen LogP contribution < -0.4 is 5.32 Å². The highest BCUT2D eigenvalue weighted by atomic mass is 14.9. The molecule has 0 radical (unpaired) electrons. The van der Waals surface area contributed by atoms with Gasteiger partial charge in [-0.05, 0) is 32.2 Å². The van der Waals surface area contributed by atoms with E-state index in [1.807, 2.05) is 7.05 Å². The second-order valence-electron chi connectivity index (χ2n) is 4.66. The fourth-order valence-corrected chi connectivity index (χ4v) is 1.69. The van der Waals surface area contributed by atoms with Gasteiger partial charge in [0.1, 0.15) is 0 Å². The molecule has 0 fully saturated rings. The third-order valence-corrected chi connectivity index (χ3v) is 2.56. The minimum Gasteiger partial charge on any atom is -0.317 e. The van der Waals surface area contributed by atoms with E-state index in [1.54, 1.807) is 0 Å². The fourth-order valence-electron chi connectivity index (χ4n) is 1.69. The van der Waals surface area contributed by atoms with E-state index >= 15 is 0 Å². The standard InChI is InChI=1S/C11H25N/c1-6-7-8-11(3,4)9-10(2)12-5/h10,12H,6-9H2,1-5H3. The molecule has 1 N–H and O–H groups in total. The van der Waals surface area contributed by atoms with Gasteiger partial charge in [-0.15, -0.1) is 0 Å². The number of nitrogens with one attached hydrogen (secondary N) is 1. The van der Waals surface area contributed by atoms with Gasteiger partial charge in [-0.3, -0.25) is 0 Å². The second kappa shape index (κ2) is 5.58. The maximum atomic E-state index is 3.30. The van der Waals surface area contributed by atoms with Gasteiger partial charge in [-0.1, -0.05) is 33.6 Å². The highest BCUT2D eigenvalue weighted by Gasteiger charge is 2.19. The highest BCUT2D eigenvalue weighted by Crippen LogP contribution is 2.28. The van der Waals surface area contributed by atoms with Crippen molar-refractivity contribution in [2.24, 2.45) is 5.41 Å². The Labute approximate surface area is 77.9 Å². The molecule has 0 heterocycles. The van der Waals surface area contributed by atoms with E-state index in [4.69, 9.17) is 0 Å². The van der Waals surface area contributed by atoms with Crippen LogP contribution in [0.1, 0.15) is 53.4 Å². The molecule has 1 atom stereocenters. The van der Waals surface area contributed by atoms with E-state index in [1.165, 1.54) is 25.7 Å². The summed E-state index contributed by atoms with van der Waals surface area (Å²) >= 11 is 0. The second-order valence-corrected chi connectivity index (χ2v) is 4.66. The number of rotatable bonds is 6. The van der Waals surface area contributed by atoms with E-state index in [2.05, 4.69) is 33.0 Å². The minimum absolute atomic E-state index is 0.512. The van der Waals surface area contributed by atoms with Crippen LogP contribution in [0.25, 0.3) is 0 Å². The van der Waals surface area contributed by atoms with Crippen molar-refractivity contribution in [2.45, 2.75) is 59.4 Å². The Morgan fingerprint density at radius 3 is 2.33 bits per heavy atom. The summed E-state index contributed by atoms with van der Waals surface area (Å²) in [6.45, 7) is 9.26. The Hall–Kier alpha value is -0.0400. The predicted molar refractivity (Wildman–Crippen MR) is 56.4 cm³/mol. The van der Waals surface area contributed by atoms with Crippen molar-refractivity contribution < 1.29 is 0 Å². The topological polar surface area (TPSA) is 12.0 Å². The first-order valence-corrected chi connectivity index (χ1v) is 5.19. The van der Waals surface area contributed by atoms with Crippen LogP contribution in [-0.4, -0.2) is 13.1 Å². The summed E-state index contributed by atoms with van der Waals surface area (Å²) in [5, 5.41) is 3.30. The van der Waals surface area contributed by atoms with Crippen molar-refractivity contribution in [1.29, 1.82) is 0 Å². The summed E-state index contributed by atoms with van der Waals surface area (Å²) in [7, 11) is 2.04. The van der Waals surface area contributed by atoms with Crippen molar-refractivity contribution in [2.75, 3.05) is 7.05 Å². The van der Waals surface area contributed by atoms with Crippen LogP contribution in [0.5, 0.6) is 0 Å². The lowest BCUT2D eigenvalue weighted by Gasteiger charge is -2.27. The largest absolute Gasteiger partial charge is 0.317 e. The van der Waals surface area contributed by atoms with Gasteiger partial charge in [-0.25, -0.2) is 0 Å². The van der Waals surface area contributed by atoms with Gasteiger partial charge in [0.15, 0.2) is 0 Å². The van der Waals surface area contributed by atoms with Gasteiger partial charge in [0.25, 0.3) is 0 Å². The molecular formula is C11H25N. The SMILES string of the molecule is CCCCC(C)(C)CC(C)NC. The maximum Gasteiger partial charge on any atom is 0.00408 e. The first-order chi connectivity index (χ1) is 5.52. The van der Waals surface area contributed by atoms with Gasteiger partial charge in [0.05, 0.1) is 0 Å². The Balaban J connectivity index is 3.69. The zero-order chi connectivity index (χ0) is 9.61. The van der Waals surface area contributed by atoms with E-state index < -0.39 is 0 Å². The molecule has 0 aromatic heterocycles. The molecule has 0 saturated heterocycles. The molecular weight excluding hydrogens is 146 g/mol. The third kappa shape index (κ3) is 5.59. The molecule has 0 aliphatic carbocycles. The smallest absolute Gasteiger partial charge is 0.00408 e. The van der Waals surface area contributed by atoms with Crippen LogP contribution in [0.4, 0.5) is 0 Å². The van der Waals surface area contributed by atoms with Crippen LogP contribution in [0.3, 0.4) is 0 Å². The van der Waals surface area contributed by atoms with Crippen LogP contribution in [0, 0.1) is 5.41 Å². The van der Waals surface area contributed by atoms with E-state index in [9.17, 15) is 0 Å². The summed E-state index contributed by atoms with van der Waals surface area (Å²) in [6.07, 6.45) is 5.32. The number of unbranched alkanes of at least 4 members (excludes halogenated alkanes) is 1. The van der Waals surface area contributed by atoms with E-state index in [0.29, 0.717) is 11.5 Å². The molecule has 0 aromatic carbocycles. The molecule has 0 amide bonds. The lowest BCUT2D eigenvalue weighted by Crippen LogP contribution is -2.28. The van der Waals surface area contributed by atoms with Crippen LogP contribution in [0.2, 0.25) is 0 Å². The summed E-state index contributed by atoms with van der Waals surface area (Å²) in [6, 6.07) is 0.650. The average Bonchev–Trinajstić information content (AvgIpc) is 2.00. The predicted octanol–water partition coefficient (Wildman–Crippen LogP) is 3.20. The average molecular weight is 171 g/mol. The van der Waals surface area contributed by atoms with Crippen molar-refractivity contribution in [3.63, 3.8) is 0 Å². The zero-order valence-corrected chi connectivity index (χ0v) is 9.41. The molecule has 0 saturated carbocycles. The molecule has 0 aromatic rings. The number of hydrogen-bond acceptors (Lipinski definition) is 1. The van der Waals surface area contributed by atoms with Crippen molar-refractivity contribution in [1.82, 2.24) is 5.32 Å². The summed E-state index contributed by atoms with van der Waals surface area (Å²) in [5.74, 6) is 0.